The number of hydrogen-bond acceptors (Lipinski definition) is 3. The van der Waals surface area contributed by atoms with Gasteiger partial charge in [-0.05, 0) is 37.3 Å². The Morgan fingerprint density at radius 3 is 2.65 bits per heavy atom. The molecule has 0 heterocycles. The van der Waals surface area contributed by atoms with E-state index in [2.05, 4.69) is 0 Å². The van der Waals surface area contributed by atoms with Gasteiger partial charge in [0.2, 0.25) is 0 Å². The largest absolute Gasteiger partial charge is 0.496 e. The van der Waals surface area contributed by atoms with E-state index in [0.717, 1.165) is 36.8 Å². The molecule has 0 fully saturated rings. The molecule has 94 valence electrons. The van der Waals surface area contributed by atoms with Crippen molar-refractivity contribution in [3.63, 3.8) is 0 Å². The van der Waals surface area contributed by atoms with Gasteiger partial charge < -0.3 is 15.6 Å². The summed E-state index contributed by atoms with van der Waals surface area (Å²) in [7, 11) is 1.58. The Balaban J connectivity index is 2.56. The first-order valence-electron chi connectivity index (χ1n) is 5.93. The molecule has 1 unspecified atom stereocenters. The quantitative estimate of drug-likeness (QED) is 0.844. The Morgan fingerprint density at radius 1 is 1.41 bits per heavy atom. The number of aliphatic hydroxyl groups is 1. The van der Waals surface area contributed by atoms with Crippen molar-refractivity contribution in [3.8, 4) is 5.75 Å². The molecule has 0 amide bonds. The Bertz CT molecular complexity index is 420. The molecule has 0 saturated carbocycles. The predicted molar refractivity (Wildman–Crippen MR) is 63.6 cm³/mol. The van der Waals surface area contributed by atoms with Gasteiger partial charge in [0, 0.05) is 11.1 Å². The maximum Gasteiger partial charge on any atom is 0.131 e. The van der Waals surface area contributed by atoms with Crippen molar-refractivity contribution in [1.82, 2.24) is 0 Å². The van der Waals surface area contributed by atoms with Crippen molar-refractivity contribution < 1.29 is 14.2 Å². The van der Waals surface area contributed by atoms with Crippen molar-refractivity contribution in [1.29, 1.82) is 0 Å². The molecule has 0 aliphatic heterocycles. The van der Waals surface area contributed by atoms with Gasteiger partial charge >= 0.3 is 0 Å². The van der Waals surface area contributed by atoms with Gasteiger partial charge in [-0.1, -0.05) is 0 Å². The topological polar surface area (TPSA) is 55.5 Å². The summed E-state index contributed by atoms with van der Waals surface area (Å²) in [6, 6.07) is 0.941. The predicted octanol–water partition coefficient (Wildman–Crippen LogP) is 1.71. The Kier molecular flexibility index (Phi) is 3.64. The van der Waals surface area contributed by atoms with Crippen molar-refractivity contribution in [3.05, 3.63) is 28.6 Å². The molecule has 4 heteroatoms. The van der Waals surface area contributed by atoms with Crippen LogP contribution in [0.15, 0.2) is 6.07 Å². The van der Waals surface area contributed by atoms with Crippen molar-refractivity contribution in [2.24, 2.45) is 5.73 Å². The molecule has 17 heavy (non-hydrogen) atoms. The summed E-state index contributed by atoms with van der Waals surface area (Å²) < 4.78 is 19.6. The van der Waals surface area contributed by atoms with E-state index >= 15 is 0 Å². The van der Waals surface area contributed by atoms with E-state index in [-0.39, 0.29) is 12.4 Å². The van der Waals surface area contributed by atoms with Crippen molar-refractivity contribution >= 4 is 0 Å². The van der Waals surface area contributed by atoms with Crippen LogP contribution in [0.25, 0.3) is 0 Å². The lowest BCUT2D eigenvalue weighted by Gasteiger charge is -2.23. The Morgan fingerprint density at radius 2 is 2.06 bits per heavy atom. The number of nitrogens with two attached hydrogens (primary N) is 1. The minimum atomic E-state index is -0.684. The van der Waals surface area contributed by atoms with Gasteiger partial charge in [0.1, 0.15) is 11.6 Å². The third kappa shape index (κ3) is 2.15. The zero-order chi connectivity index (χ0) is 12.4. The summed E-state index contributed by atoms with van der Waals surface area (Å²) in [5.41, 5.74) is 7.74. The number of rotatable bonds is 3. The van der Waals surface area contributed by atoms with E-state index in [1.54, 1.807) is 13.2 Å². The van der Waals surface area contributed by atoms with Crippen LogP contribution in [0.4, 0.5) is 4.39 Å². The fourth-order valence-electron chi connectivity index (χ4n) is 2.44. The molecule has 1 aliphatic carbocycles. The molecule has 0 bridgehead atoms. The molecule has 1 aromatic rings. The molecule has 1 atom stereocenters. The van der Waals surface area contributed by atoms with Crippen LogP contribution in [0, 0.1) is 5.82 Å². The van der Waals surface area contributed by atoms with Gasteiger partial charge in [-0.2, -0.15) is 0 Å². The minimum absolute atomic E-state index is 0.262. The fraction of sp³-hybridized carbons (Fsp3) is 0.538. The number of benzene rings is 1. The number of halogens is 1. The fourth-order valence-corrected chi connectivity index (χ4v) is 2.44. The van der Waals surface area contributed by atoms with E-state index < -0.39 is 6.04 Å². The molecular weight excluding hydrogens is 221 g/mol. The molecular formula is C13H18FNO2. The first-order valence-corrected chi connectivity index (χ1v) is 5.93. The molecule has 0 spiro atoms. The summed E-state index contributed by atoms with van der Waals surface area (Å²) in [6.45, 7) is -0.265. The number of fused-ring (bicyclic) bond motifs is 1. The Labute approximate surface area is 100 Å². The van der Waals surface area contributed by atoms with Gasteiger partial charge in [-0.25, -0.2) is 4.39 Å². The maximum absolute atomic E-state index is 14.3. The van der Waals surface area contributed by atoms with E-state index in [1.165, 1.54) is 0 Å². The Hall–Kier alpha value is -1.13. The summed E-state index contributed by atoms with van der Waals surface area (Å²) in [4.78, 5) is 0. The number of methoxy groups -OCH3 is 1. The zero-order valence-corrected chi connectivity index (χ0v) is 10.0. The normalized spacial score (nSPS) is 16.5. The lowest BCUT2D eigenvalue weighted by atomic mass is 9.87. The van der Waals surface area contributed by atoms with Crippen LogP contribution in [-0.4, -0.2) is 18.8 Å². The highest BCUT2D eigenvalue weighted by Gasteiger charge is 2.23. The van der Waals surface area contributed by atoms with Gasteiger partial charge in [-0.15, -0.1) is 0 Å². The van der Waals surface area contributed by atoms with E-state index in [4.69, 9.17) is 15.6 Å². The lowest BCUT2D eigenvalue weighted by Crippen LogP contribution is -2.19. The summed E-state index contributed by atoms with van der Waals surface area (Å²) >= 11 is 0. The highest BCUT2D eigenvalue weighted by molar-refractivity contribution is 5.47. The van der Waals surface area contributed by atoms with E-state index in [1.807, 2.05) is 0 Å². The van der Waals surface area contributed by atoms with Crippen molar-refractivity contribution in [2.45, 2.75) is 31.7 Å². The van der Waals surface area contributed by atoms with Gasteiger partial charge in [0.15, 0.2) is 0 Å². The van der Waals surface area contributed by atoms with E-state index in [9.17, 15) is 4.39 Å². The second-order valence-electron chi connectivity index (χ2n) is 4.44. The van der Waals surface area contributed by atoms with Crippen LogP contribution in [0.5, 0.6) is 5.75 Å². The van der Waals surface area contributed by atoms with Crippen molar-refractivity contribution in [2.75, 3.05) is 13.7 Å². The molecule has 3 nitrogen and oxygen atoms in total. The summed E-state index contributed by atoms with van der Waals surface area (Å²) in [6.07, 6.45) is 3.63. The lowest BCUT2D eigenvalue weighted by molar-refractivity contribution is 0.264. The average molecular weight is 239 g/mol. The molecule has 0 aromatic heterocycles. The number of hydrogen-bond donors (Lipinski definition) is 2. The second-order valence-corrected chi connectivity index (χ2v) is 4.44. The SMILES string of the molecule is COc1cc(C(N)CO)c(F)c2c1CCCC2. The molecule has 3 N–H and O–H groups in total. The molecule has 0 radical (unpaired) electrons. The third-order valence-electron chi connectivity index (χ3n) is 3.39. The van der Waals surface area contributed by atoms with Gasteiger partial charge in [-0.3, -0.25) is 0 Å². The monoisotopic (exact) mass is 239 g/mol. The van der Waals surface area contributed by atoms with E-state index in [0.29, 0.717) is 11.3 Å². The highest BCUT2D eigenvalue weighted by atomic mass is 19.1. The van der Waals surface area contributed by atoms with Crippen LogP contribution in [0.2, 0.25) is 0 Å². The second kappa shape index (κ2) is 5.02. The maximum atomic E-state index is 14.3. The highest BCUT2D eigenvalue weighted by Crippen LogP contribution is 2.35. The average Bonchev–Trinajstić information content (AvgIpc) is 2.39. The number of ether oxygens (including phenoxy) is 1. The van der Waals surface area contributed by atoms with Crippen LogP contribution in [0.1, 0.15) is 35.6 Å². The van der Waals surface area contributed by atoms with Crippen LogP contribution in [-0.2, 0) is 12.8 Å². The molecule has 1 aliphatic rings. The number of aliphatic hydroxyl groups excluding tert-OH is 1. The molecule has 0 saturated heterocycles. The summed E-state index contributed by atoms with van der Waals surface area (Å²) in [5.74, 6) is 0.432. The van der Waals surface area contributed by atoms with Gasteiger partial charge in [0.25, 0.3) is 0 Å². The zero-order valence-electron chi connectivity index (χ0n) is 10.0. The first-order chi connectivity index (χ1) is 8.19. The van der Waals surface area contributed by atoms with Gasteiger partial charge in [0.05, 0.1) is 19.8 Å². The molecule has 1 aromatic carbocycles. The minimum Gasteiger partial charge on any atom is -0.496 e. The van der Waals surface area contributed by atoms with Crippen LogP contribution < -0.4 is 10.5 Å². The first kappa shape index (κ1) is 12.3. The smallest absolute Gasteiger partial charge is 0.131 e. The molecule has 2 rings (SSSR count). The van der Waals surface area contributed by atoms with Crippen LogP contribution in [0.3, 0.4) is 0 Å². The van der Waals surface area contributed by atoms with Crippen LogP contribution >= 0.6 is 0 Å². The third-order valence-corrected chi connectivity index (χ3v) is 3.39. The standard InChI is InChI=1S/C13H18FNO2/c1-17-12-6-10(11(15)7-16)13(14)9-5-3-2-4-8(9)12/h6,11,16H,2-5,7,15H2,1H3. The summed E-state index contributed by atoms with van der Waals surface area (Å²) in [5, 5.41) is 9.05.